The number of benzene rings is 1. The Labute approximate surface area is 155 Å². The van der Waals surface area contributed by atoms with E-state index >= 15 is 0 Å². The van der Waals surface area contributed by atoms with Crippen LogP contribution in [0.15, 0.2) is 12.1 Å². The van der Waals surface area contributed by atoms with E-state index in [4.69, 9.17) is 22.4 Å². The smallest absolute Gasteiger partial charge is 0.194 e. The molecule has 0 aliphatic carbocycles. The Balaban J connectivity index is 0. The summed E-state index contributed by atoms with van der Waals surface area (Å²) >= 11 is 5.30. The number of hydrogen-bond donors (Lipinski definition) is 2. The van der Waals surface area contributed by atoms with Gasteiger partial charge in [0.05, 0.1) is 0 Å². The predicted octanol–water partition coefficient (Wildman–Crippen LogP) is 5.95. The van der Waals surface area contributed by atoms with E-state index in [1.165, 1.54) is 19.3 Å². The number of aliphatic hydroxyl groups is 1. The van der Waals surface area contributed by atoms with Gasteiger partial charge < -0.3 is 10.8 Å². The molecule has 0 spiro atoms. The second kappa shape index (κ2) is 16.7. The molecule has 0 bridgehead atoms. The lowest BCUT2D eigenvalue weighted by atomic mass is 10.0. The highest BCUT2D eigenvalue weighted by atomic mass is 35.5. The fraction of sp³-hybridized carbons (Fsp3) is 0.684. The fourth-order valence-electron chi connectivity index (χ4n) is 1.52. The summed E-state index contributed by atoms with van der Waals surface area (Å²) in [6.07, 6.45) is 5.20. The number of nitrogens with two attached hydrogens (primary N) is 1. The van der Waals surface area contributed by atoms with Gasteiger partial charge in [-0.15, -0.1) is 11.6 Å². The maximum absolute atomic E-state index is 12.7. The molecule has 0 amide bonds. The zero-order valence-electron chi connectivity index (χ0n) is 15.8. The molecule has 148 valence electrons. The fourth-order valence-corrected chi connectivity index (χ4v) is 1.78. The van der Waals surface area contributed by atoms with Crippen LogP contribution in [0, 0.1) is 23.4 Å². The molecule has 2 nitrogen and oxygen atoms in total. The van der Waals surface area contributed by atoms with E-state index < -0.39 is 23.5 Å². The summed E-state index contributed by atoms with van der Waals surface area (Å²) in [5.74, 6) is -2.30. The SMILES string of the molecule is CCC(C)CC.CCCCCl.NC(CCO)c1cc(F)c(F)c(F)c1. The first-order valence-corrected chi connectivity index (χ1v) is 9.39. The van der Waals surface area contributed by atoms with Crippen LogP contribution in [0.1, 0.15) is 71.4 Å². The quantitative estimate of drug-likeness (QED) is 0.451. The summed E-state index contributed by atoms with van der Waals surface area (Å²) in [4.78, 5) is 0. The third-order valence-electron chi connectivity index (χ3n) is 3.76. The van der Waals surface area contributed by atoms with Crippen LogP contribution in [0.25, 0.3) is 0 Å². The van der Waals surface area contributed by atoms with Crippen LogP contribution in [0.3, 0.4) is 0 Å². The summed E-state index contributed by atoms with van der Waals surface area (Å²) in [5, 5.41) is 8.55. The molecule has 1 atom stereocenters. The first kappa shape index (κ1) is 26.4. The molecule has 0 saturated heterocycles. The molecule has 1 rings (SSSR count). The molecule has 1 aromatic carbocycles. The third-order valence-corrected chi connectivity index (χ3v) is 4.02. The highest BCUT2D eigenvalue weighted by Crippen LogP contribution is 2.19. The highest BCUT2D eigenvalue weighted by molar-refractivity contribution is 6.17. The van der Waals surface area contributed by atoms with Gasteiger partial charge in [-0.05, 0) is 36.5 Å². The predicted molar refractivity (Wildman–Crippen MR) is 100 cm³/mol. The molecule has 0 heterocycles. The minimum Gasteiger partial charge on any atom is -0.396 e. The number of aliphatic hydroxyl groups excluding tert-OH is 1. The molecule has 0 aliphatic heterocycles. The monoisotopic (exact) mass is 383 g/mol. The van der Waals surface area contributed by atoms with Gasteiger partial charge in [-0.2, -0.15) is 0 Å². The zero-order chi connectivity index (χ0) is 19.8. The Kier molecular flexibility index (Phi) is 17.6. The maximum Gasteiger partial charge on any atom is 0.194 e. The Bertz CT molecular complexity index is 418. The largest absolute Gasteiger partial charge is 0.396 e. The molecule has 0 fully saturated rings. The van der Waals surface area contributed by atoms with Gasteiger partial charge in [0.1, 0.15) is 0 Å². The molecule has 6 heteroatoms. The summed E-state index contributed by atoms with van der Waals surface area (Å²) in [6, 6.07) is 0.974. The highest BCUT2D eigenvalue weighted by Gasteiger charge is 2.14. The van der Waals surface area contributed by atoms with Gasteiger partial charge in [-0.1, -0.05) is 47.0 Å². The van der Waals surface area contributed by atoms with E-state index in [2.05, 4.69) is 27.7 Å². The second-order valence-corrected chi connectivity index (χ2v) is 6.26. The van der Waals surface area contributed by atoms with E-state index in [9.17, 15) is 13.2 Å². The van der Waals surface area contributed by atoms with Crippen molar-refractivity contribution in [2.45, 2.75) is 65.8 Å². The lowest BCUT2D eigenvalue weighted by Gasteiger charge is -2.10. The maximum atomic E-state index is 12.7. The van der Waals surface area contributed by atoms with Crippen LogP contribution >= 0.6 is 11.6 Å². The van der Waals surface area contributed by atoms with Crippen molar-refractivity contribution in [3.8, 4) is 0 Å². The first-order chi connectivity index (χ1) is 11.8. The van der Waals surface area contributed by atoms with Crippen LogP contribution in [0.4, 0.5) is 13.2 Å². The van der Waals surface area contributed by atoms with Crippen molar-refractivity contribution in [3.63, 3.8) is 0 Å². The Morgan fingerprint density at radius 2 is 1.56 bits per heavy atom. The van der Waals surface area contributed by atoms with E-state index in [0.29, 0.717) is 0 Å². The summed E-state index contributed by atoms with van der Waals surface area (Å²) in [7, 11) is 0. The summed E-state index contributed by atoms with van der Waals surface area (Å²) in [5.41, 5.74) is 5.61. The van der Waals surface area contributed by atoms with Crippen LogP contribution in [0.2, 0.25) is 0 Å². The first-order valence-electron chi connectivity index (χ1n) is 8.85. The van der Waals surface area contributed by atoms with Crippen molar-refractivity contribution in [1.29, 1.82) is 0 Å². The van der Waals surface area contributed by atoms with Gasteiger partial charge in [0.25, 0.3) is 0 Å². The molecular weight excluding hydrogens is 351 g/mol. The summed E-state index contributed by atoms with van der Waals surface area (Å²) in [6.45, 7) is 8.67. The van der Waals surface area contributed by atoms with Gasteiger partial charge >= 0.3 is 0 Å². The van der Waals surface area contributed by atoms with Crippen LogP contribution in [0.5, 0.6) is 0 Å². The van der Waals surface area contributed by atoms with Crippen molar-refractivity contribution in [2.75, 3.05) is 12.5 Å². The standard InChI is InChI=1S/C9H10F3NO.C6H14.C4H9Cl/c10-6-3-5(8(13)1-2-14)4-7(11)9(6)12;1-4-6(3)5-2;1-2-3-4-5/h3-4,8,14H,1-2,13H2;6H,4-5H2,1-3H3;2-4H2,1H3. The molecule has 1 unspecified atom stereocenters. The molecule has 0 aliphatic rings. The molecule has 0 aromatic heterocycles. The van der Waals surface area contributed by atoms with Crippen LogP contribution in [-0.4, -0.2) is 17.6 Å². The Morgan fingerprint density at radius 1 is 1.08 bits per heavy atom. The zero-order valence-corrected chi connectivity index (χ0v) is 16.6. The molecule has 0 saturated carbocycles. The molecular formula is C19H33ClF3NO. The molecule has 0 radical (unpaired) electrons. The van der Waals surface area contributed by atoms with E-state index in [1.807, 2.05) is 0 Å². The average Bonchev–Trinajstić information content (AvgIpc) is 2.60. The summed E-state index contributed by atoms with van der Waals surface area (Å²) < 4.78 is 37.9. The average molecular weight is 384 g/mol. The number of halogens is 4. The Hall–Kier alpha value is -0.780. The van der Waals surface area contributed by atoms with Gasteiger partial charge in [0.2, 0.25) is 0 Å². The van der Waals surface area contributed by atoms with Crippen molar-refractivity contribution >= 4 is 11.6 Å². The van der Waals surface area contributed by atoms with Crippen LogP contribution < -0.4 is 5.73 Å². The minimum atomic E-state index is -1.51. The molecule has 1 aromatic rings. The van der Waals surface area contributed by atoms with Gasteiger partial charge in [-0.25, -0.2) is 13.2 Å². The number of unbranched alkanes of at least 4 members (excludes halogenated alkanes) is 1. The van der Waals surface area contributed by atoms with E-state index in [1.54, 1.807) is 0 Å². The van der Waals surface area contributed by atoms with Crippen molar-refractivity contribution in [2.24, 2.45) is 11.7 Å². The number of rotatable bonds is 7. The van der Waals surface area contributed by atoms with Crippen LogP contribution in [-0.2, 0) is 0 Å². The van der Waals surface area contributed by atoms with Crippen molar-refractivity contribution in [1.82, 2.24) is 0 Å². The number of alkyl halides is 1. The van der Waals surface area contributed by atoms with Gasteiger partial charge in [0.15, 0.2) is 17.5 Å². The number of hydrogen-bond acceptors (Lipinski definition) is 2. The van der Waals surface area contributed by atoms with E-state index in [-0.39, 0.29) is 18.6 Å². The lowest BCUT2D eigenvalue weighted by molar-refractivity contribution is 0.276. The normalized spacial score (nSPS) is 11.3. The second-order valence-electron chi connectivity index (χ2n) is 5.88. The van der Waals surface area contributed by atoms with E-state index in [0.717, 1.165) is 30.4 Å². The third kappa shape index (κ3) is 13.1. The van der Waals surface area contributed by atoms with Crippen molar-refractivity contribution < 1.29 is 18.3 Å². The van der Waals surface area contributed by atoms with Gasteiger partial charge in [0, 0.05) is 18.5 Å². The minimum absolute atomic E-state index is 0.135. The molecule has 25 heavy (non-hydrogen) atoms. The molecule has 3 N–H and O–H groups in total. The Morgan fingerprint density at radius 3 is 1.80 bits per heavy atom. The topological polar surface area (TPSA) is 46.2 Å². The lowest BCUT2D eigenvalue weighted by Crippen LogP contribution is -2.13. The van der Waals surface area contributed by atoms with Gasteiger partial charge in [-0.3, -0.25) is 0 Å². The van der Waals surface area contributed by atoms with Crippen molar-refractivity contribution in [3.05, 3.63) is 35.1 Å².